The summed E-state index contributed by atoms with van der Waals surface area (Å²) in [4.78, 5) is 10.0. The summed E-state index contributed by atoms with van der Waals surface area (Å²) in [6.45, 7) is 5.39. The summed E-state index contributed by atoms with van der Waals surface area (Å²) in [5.41, 5.74) is 10.3. The van der Waals surface area contributed by atoms with Crippen LogP contribution in [-0.4, -0.2) is 63.4 Å². The molecule has 0 aromatic rings. The van der Waals surface area contributed by atoms with Gasteiger partial charge in [-0.05, 0) is 19.4 Å². The largest absolute Gasteiger partial charge is 0.548 e. The molecule has 0 spiro atoms. The van der Waals surface area contributed by atoms with E-state index >= 15 is 0 Å². The van der Waals surface area contributed by atoms with Gasteiger partial charge in [-0.3, -0.25) is 0 Å². The van der Waals surface area contributed by atoms with E-state index in [1.165, 1.54) is 37.0 Å². The number of likely N-dealkylation sites (N-methyl/N-ethyl adjacent to an activating group) is 1. The van der Waals surface area contributed by atoms with E-state index in [0.717, 1.165) is 19.4 Å². The van der Waals surface area contributed by atoms with Crippen LogP contribution >= 0.6 is 0 Å². The number of likely N-dealkylation sites (tertiary alicyclic amines) is 1. The van der Waals surface area contributed by atoms with Crippen molar-refractivity contribution >= 4 is 5.97 Å². The molecular weight excluding hydrogens is 258 g/mol. The topological polar surface area (TPSA) is 101 Å². The predicted molar refractivity (Wildman–Crippen MR) is 77.8 cm³/mol. The highest BCUT2D eigenvalue weighted by Crippen LogP contribution is 2.15. The van der Waals surface area contributed by atoms with Gasteiger partial charge < -0.3 is 30.6 Å². The maximum atomic E-state index is 10.0. The van der Waals surface area contributed by atoms with Crippen molar-refractivity contribution in [3.63, 3.8) is 0 Å². The molecule has 0 aromatic carbocycles. The smallest absolute Gasteiger partial charge is 0.102 e. The minimum absolute atomic E-state index is 0.458. The lowest BCUT2D eigenvalue weighted by Crippen LogP contribution is -2.43. The lowest BCUT2D eigenvalue weighted by molar-refractivity contribution is -0.897. The Morgan fingerprint density at radius 2 is 1.95 bits per heavy atom. The molecule has 20 heavy (non-hydrogen) atoms. The molecule has 0 saturated carbocycles. The van der Waals surface area contributed by atoms with E-state index in [0.29, 0.717) is 13.0 Å². The summed E-state index contributed by atoms with van der Waals surface area (Å²) >= 11 is 0. The summed E-state index contributed by atoms with van der Waals surface area (Å²) in [5, 5.41) is 10.0. The predicted octanol–water partition coefficient (Wildman–Crippen LogP) is -0.934. The molecule has 1 fully saturated rings. The molecule has 0 bridgehead atoms. The van der Waals surface area contributed by atoms with Gasteiger partial charge in [-0.2, -0.15) is 0 Å². The summed E-state index contributed by atoms with van der Waals surface area (Å²) in [5.74, 6) is -1.18. The second-order valence-corrected chi connectivity index (χ2v) is 5.70. The van der Waals surface area contributed by atoms with Crippen LogP contribution in [0.15, 0.2) is 0 Å². The van der Waals surface area contributed by atoms with Crippen molar-refractivity contribution in [3.05, 3.63) is 0 Å². The van der Waals surface area contributed by atoms with E-state index in [1.54, 1.807) is 7.11 Å². The van der Waals surface area contributed by atoms with Gasteiger partial charge in [0.05, 0.1) is 32.7 Å². The molecule has 1 aliphatic rings. The SMILES string of the molecule is COCC[N+]1(C)CCCC1.NCCCC[C@H](N)C(=O)[O-]. The Labute approximate surface area is 122 Å². The number of carboxylic acids is 1. The number of carbonyl (C=O) groups excluding carboxylic acids is 1. The van der Waals surface area contributed by atoms with E-state index in [4.69, 9.17) is 16.2 Å². The Morgan fingerprint density at radius 3 is 2.40 bits per heavy atom. The van der Waals surface area contributed by atoms with Crippen LogP contribution in [-0.2, 0) is 9.53 Å². The van der Waals surface area contributed by atoms with Crippen molar-refractivity contribution in [1.29, 1.82) is 0 Å². The minimum atomic E-state index is -1.18. The summed E-state index contributed by atoms with van der Waals surface area (Å²) in [6, 6.07) is -0.827. The number of unbranched alkanes of at least 4 members (excludes halogenated alkanes) is 1. The molecule has 120 valence electrons. The summed E-state index contributed by atoms with van der Waals surface area (Å²) in [7, 11) is 4.11. The zero-order valence-electron chi connectivity index (χ0n) is 13.0. The van der Waals surface area contributed by atoms with E-state index in [-0.39, 0.29) is 0 Å². The summed E-state index contributed by atoms with van der Waals surface area (Å²) in [6.07, 6.45) is 4.84. The highest BCUT2D eigenvalue weighted by molar-refractivity contribution is 5.70. The van der Waals surface area contributed by atoms with Gasteiger partial charge in [-0.1, -0.05) is 6.42 Å². The molecule has 0 aromatic heterocycles. The number of ether oxygens (including phenoxy) is 1. The molecular formula is C14H31N3O3. The lowest BCUT2D eigenvalue weighted by atomic mass is 10.1. The number of hydrogen-bond donors (Lipinski definition) is 2. The Kier molecular flexibility index (Phi) is 10.6. The number of aliphatic carboxylic acids is 1. The van der Waals surface area contributed by atoms with E-state index in [2.05, 4.69) is 7.05 Å². The average Bonchev–Trinajstić information content (AvgIpc) is 2.84. The molecule has 6 nitrogen and oxygen atoms in total. The molecule has 4 N–H and O–H groups in total. The Balaban J connectivity index is 0.000000361. The molecule has 0 aliphatic carbocycles. The standard InChI is InChI=1S/C8H18NO.C6H14N2O2/c1-9(7-8-10-2)5-3-4-6-9;7-4-2-1-3-5(8)6(9)10/h3-8H2,1-2H3;5H,1-4,7-8H2,(H,9,10)/q+1;/p-1/t;5-/m.0/s1. The zero-order chi connectivity index (χ0) is 15.4. The van der Waals surface area contributed by atoms with Crippen LogP contribution < -0.4 is 16.6 Å². The van der Waals surface area contributed by atoms with Gasteiger partial charge in [0.15, 0.2) is 0 Å². The number of carbonyl (C=O) groups is 1. The van der Waals surface area contributed by atoms with Crippen molar-refractivity contribution in [2.75, 3.05) is 46.9 Å². The van der Waals surface area contributed by atoms with E-state index in [1.807, 2.05) is 0 Å². The van der Waals surface area contributed by atoms with Crippen molar-refractivity contribution in [2.45, 2.75) is 38.1 Å². The second-order valence-electron chi connectivity index (χ2n) is 5.70. The third-order valence-corrected chi connectivity index (χ3v) is 3.75. The third kappa shape index (κ3) is 9.25. The van der Waals surface area contributed by atoms with E-state index in [9.17, 15) is 9.90 Å². The van der Waals surface area contributed by atoms with Gasteiger partial charge in [0.2, 0.25) is 0 Å². The first kappa shape index (κ1) is 19.3. The van der Waals surface area contributed by atoms with Gasteiger partial charge in [-0.15, -0.1) is 0 Å². The number of nitrogens with zero attached hydrogens (tertiary/aromatic N) is 1. The fourth-order valence-corrected chi connectivity index (χ4v) is 2.26. The summed E-state index contributed by atoms with van der Waals surface area (Å²) < 4.78 is 6.28. The Hall–Kier alpha value is -0.690. The number of nitrogens with two attached hydrogens (primary N) is 2. The molecule has 1 saturated heterocycles. The van der Waals surface area contributed by atoms with Crippen LogP contribution in [0.1, 0.15) is 32.1 Å². The average molecular weight is 289 g/mol. The van der Waals surface area contributed by atoms with Crippen LogP contribution in [0.3, 0.4) is 0 Å². The van der Waals surface area contributed by atoms with Crippen molar-refractivity contribution in [3.8, 4) is 0 Å². The molecule has 1 atom stereocenters. The van der Waals surface area contributed by atoms with Gasteiger partial charge >= 0.3 is 0 Å². The fourth-order valence-electron chi connectivity index (χ4n) is 2.26. The molecule has 1 rings (SSSR count). The molecule has 1 heterocycles. The van der Waals surface area contributed by atoms with E-state index < -0.39 is 12.0 Å². The van der Waals surface area contributed by atoms with Crippen LogP contribution in [0.5, 0.6) is 0 Å². The van der Waals surface area contributed by atoms with Gasteiger partial charge in [0.25, 0.3) is 0 Å². The van der Waals surface area contributed by atoms with Gasteiger partial charge in [-0.25, -0.2) is 0 Å². The fraction of sp³-hybridized carbons (Fsp3) is 0.929. The highest BCUT2D eigenvalue weighted by Gasteiger charge is 2.25. The Bertz CT molecular complexity index is 256. The first-order valence-electron chi connectivity index (χ1n) is 7.44. The van der Waals surface area contributed by atoms with Gasteiger partial charge in [0.1, 0.15) is 6.54 Å². The molecule has 6 heteroatoms. The third-order valence-electron chi connectivity index (χ3n) is 3.75. The number of quaternary nitrogens is 1. The quantitative estimate of drug-likeness (QED) is 0.444. The van der Waals surface area contributed by atoms with Gasteiger partial charge in [0, 0.05) is 26.0 Å². The normalized spacial score (nSPS) is 18.2. The lowest BCUT2D eigenvalue weighted by Gasteiger charge is -2.28. The Morgan fingerprint density at radius 1 is 1.35 bits per heavy atom. The maximum Gasteiger partial charge on any atom is 0.102 e. The minimum Gasteiger partial charge on any atom is -0.548 e. The molecule has 1 aliphatic heterocycles. The van der Waals surface area contributed by atoms with Crippen molar-refractivity contribution in [2.24, 2.45) is 11.5 Å². The number of hydrogen-bond acceptors (Lipinski definition) is 5. The van der Waals surface area contributed by atoms with Crippen molar-refractivity contribution < 1.29 is 19.1 Å². The second kappa shape index (κ2) is 11.0. The maximum absolute atomic E-state index is 10.0. The molecule has 0 radical (unpaired) electrons. The van der Waals surface area contributed by atoms with Crippen molar-refractivity contribution in [1.82, 2.24) is 0 Å². The van der Waals surface area contributed by atoms with Crippen LogP contribution in [0.25, 0.3) is 0 Å². The number of rotatable bonds is 8. The number of methoxy groups -OCH3 is 1. The molecule has 0 amide bonds. The first-order valence-corrected chi connectivity index (χ1v) is 7.44. The van der Waals surface area contributed by atoms with Crippen LogP contribution in [0, 0.1) is 0 Å². The molecule has 0 unspecified atom stereocenters. The van der Waals surface area contributed by atoms with Crippen LogP contribution in [0.2, 0.25) is 0 Å². The highest BCUT2D eigenvalue weighted by atomic mass is 16.5. The zero-order valence-corrected chi connectivity index (χ0v) is 13.0. The monoisotopic (exact) mass is 289 g/mol. The number of carboxylic acid groups (broad SMARTS) is 1. The van der Waals surface area contributed by atoms with Crippen LogP contribution in [0.4, 0.5) is 0 Å². The first-order chi connectivity index (χ1) is 9.45.